The third-order valence-corrected chi connectivity index (χ3v) is 7.02. The third kappa shape index (κ3) is 7.87. The maximum absolute atomic E-state index is 13.6. The molecule has 0 saturated heterocycles. The van der Waals surface area contributed by atoms with Crippen molar-refractivity contribution in [1.82, 2.24) is 10.2 Å². The molecule has 0 bridgehead atoms. The van der Waals surface area contributed by atoms with Gasteiger partial charge in [0.25, 0.3) is 5.91 Å². The van der Waals surface area contributed by atoms with Gasteiger partial charge in [-0.15, -0.1) is 0 Å². The molecule has 0 fully saturated rings. The summed E-state index contributed by atoms with van der Waals surface area (Å²) in [7, 11) is 0. The molecule has 2 amide bonds. The minimum absolute atomic E-state index is 0.0412. The first kappa shape index (κ1) is 28.3. The molecule has 0 aromatic heterocycles. The number of rotatable bonds is 11. The van der Waals surface area contributed by atoms with Crippen molar-refractivity contribution in [2.45, 2.75) is 32.4 Å². The number of hydrogen-bond donors (Lipinski definition) is 1. The van der Waals surface area contributed by atoms with Crippen molar-refractivity contribution in [3.8, 4) is 5.75 Å². The Morgan fingerprint density at radius 3 is 2.33 bits per heavy atom. The molecule has 5 nitrogen and oxygen atoms in total. The van der Waals surface area contributed by atoms with Crippen LogP contribution in [-0.2, 0) is 22.6 Å². The highest BCUT2D eigenvalue weighted by atomic mass is 79.9. The summed E-state index contributed by atoms with van der Waals surface area (Å²) in [4.78, 5) is 28.5. The highest BCUT2D eigenvalue weighted by Crippen LogP contribution is 2.29. The van der Waals surface area contributed by atoms with Gasteiger partial charge < -0.3 is 15.0 Å². The third-order valence-electron chi connectivity index (χ3n) is 5.46. The molecular formula is C27H26BrCl3N2O3. The van der Waals surface area contributed by atoms with E-state index in [-0.39, 0.29) is 25.0 Å². The van der Waals surface area contributed by atoms with Crippen LogP contribution in [0.5, 0.6) is 5.75 Å². The lowest BCUT2D eigenvalue weighted by atomic mass is 10.0. The Labute approximate surface area is 234 Å². The van der Waals surface area contributed by atoms with Gasteiger partial charge in [0, 0.05) is 40.1 Å². The molecule has 3 rings (SSSR count). The van der Waals surface area contributed by atoms with Crippen molar-refractivity contribution in [2.24, 2.45) is 0 Å². The van der Waals surface area contributed by atoms with Crippen LogP contribution in [0.15, 0.2) is 71.2 Å². The molecule has 1 N–H and O–H groups in total. The maximum Gasteiger partial charge on any atom is 0.261 e. The Hall–Kier alpha value is -2.25. The zero-order valence-corrected chi connectivity index (χ0v) is 23.5. The lowest BCUT2D eigenvalue weighted by Crippen LogP contribution is -2.51. The molecule has 0 unspecified atom stereocenters. The second kappa shape index (κ2) is 13.9. The average molecular weight is 613 g/mol. The van der Waals surface area contributed by atoms with E-state index in [4.69, 9.17) is 39.5 Å². The van der Waals surface area contributed by atoms with E-state index in [1.165, 1.54) is 4.90 Å². The molecule has 0 radical (unpaired) electrons. The second-order valence-corrected chi connectivity index (χ2v) is 10.2. The first-order valence-electron chi connectivity index (χ1n) is 11.4. The Morgan fingerprint density at radius 1 is 1.00 bits per heavy atom. The second-order valence-electron chi connectivity index (χ2n) is 8.08. The van der Waals surface area contributed by atoms with Gasteiger partial charge in [0.15, 0.2) is 6.61 Å². The summed E-state index contributed by atoms with van der Waals surface area (Å²) in [6, 6.07) is 18.9. The Kier molecular flexibility index (Phi) is 10.9. The smallest absolute Gasteiger partial charge is 0.261 e. The van der Waals surface area contributed by atoms with Gasteiger partial charge in [-0.05, 0) is 58.2 Å². The fraction of sp³-hybridized carbons (Fsp3) is 0.259. The number of carbonyl (C=O) groups excluding carboxylic acids is 2. The van der Waals surface area contributed by atoms with Crippen LogP contribution in [0.1, 0.15) is 24.5 Å². The lowest BCUT2D eigenvalue weighted by Gasteiger charge is -2.32. The number of halogens is 4. The largest absolute Gasteiger partial charge is 0.483 e. The Balaban J connectivity index is 1.95. The van der Waals surface area contributed by atoms with Gasteiger partial charge in [-0.1, -0.05) is 78.1 Å². The van der Waals surface area contributed by atoms with E-state index in [0.717, 1.165) is 12.0 Å². The summed E-state index contributed by atoms with van der Waals surface area (Å²) in [5, 5.41) is 4.29. The van der Waals surface area contributed by atoms with Crippen LogP contribution >= 0.6 is 50.7 Å². The fourth-order valence-corrected chi connectivity index (χ4v) is 4.90. The molecule has 9 heteroatoms. The van der Waals surface area contributed by atoms with Crippen LogP contribution in [0.25, 0.3) is 0 Å². The van der Waals surface area contributed by atoms with Crippen molar-refractivity contribution in [2.75, 3.05) is 13.2 Å². The summed E-state index contributed by atoms with van der Waals surface area (Å²) >= 11 is 22.3. The maximum atomic E-state index is 13.6. The van der Waals surface area contributed by atoms with E-state index in [0.29, 0.717) is 43.8 Å². The van der Waals surface area contributed by atoms with Crippen molar-refractivity contribution in [3.05, 3.63) is 97.4 Å². The molecule has 190 valence electrons. The molecule has 0 spiro atoms. The summed E-state index contributed by atoms with van der Waals surface area (Å²) < 4.78 is 6.42. The Bertz CT molecular complexity index is 1170. The van der Waals surface area contributed by atoms with E-state index in [2.05, 4.69) is 21.2 Å². The average Bonchev–Trinajstić information content (AvgIpc) is 2.86. The highest BCUT2D eigenvalue weighted by Gasteiger charge is 2.31. The fourth-order valence-electron chi connectivity index (χ4n) is 3.59. The SMILES string of the molecule is CCCNC(=O)[C@@H](Cc1ccccc1)N(Cc1c(Cl)cccc1Cl)C(=O)COc1ccc(Cl)cc1Br. The van der Waals surface area contributed by atoms with Gasteiger partial charge in [0.2, 0.25) is 5.91 Å². The van der Waals surface area contributed by atoms with Gasteiger partial charge in [0.05, 0.1) is 4.47 Å². The quantitative estimate of drug-likeness (QED) is 0.255. The number of hydrogen-bond acceptors (Lipinski definition) is 3. The first-order valence-corrected chi connectivity index (χ1v) is 13.3. The molecule has 3 aromatic carbocycles. The van der Waals surface area contributed by atoms with Crippen LogP contribution in [0.4, 0.5) is 0 Å². The normalized spacial score (nSPS) is 11.6. The molecule has 1 atom stereocenters. The Morgan fingerprint density at radius 2 is 1.69 bits per heavy atom. The van der Waals surface area contributed by atoms with Gasteiger partial charge >= 0.3 is 0 Å². The number of benzene rings is 3. The van der Waals surface area contributed by atoms with Crippen LogP contribution in [0.3, 0.4) is 0 Å². The molecule has 0 aliphatic carbocycles. The zero-order valence-electron chi connectivity index (χ0n) is 19.6. The van der Waals surface area contributed by atoms with Crippen molar-refractivity contribution in [3.63, 3.8) is 0 Å². The van der Waals surface area contributed by atoms with E-state index in [1.807, 2.05) is 37.3 Å². The van der Waals surface area contributed by atoms with Gasteiger partial charge in [-0.25, -0.2) is 0 Å². The molecular weight excluding hydrogens is 587 g/mol. The first-order chi connectivity index (χ1) is 17.3. The van der Waals surface area contributed by atoms with Crippen molar-refractivity contribution < 1.29 is 14.3 Å². The summed E-state index contributed by atoms with van der Waals surface area (Å²) in [6.07, 6.45) is 1.08. The minimum atomic E-state index is -0.809. The van der Waals surface area contributed by atoms with Crippen LogP contribution < -0.4 is 10.1 Å². The van der Waals surface area contributed by atoms with Crippen molar-refractivity contribution >= 4 is 62.5 Å². The molecule has 0 saturated carbocycles. The summed E-state index contributed by atoms with van der Waals surface area (Å²) in [5.74, 6) is -0.191. The number of amides is 2. The molecule has 0 heterocycles. The van der Waals surface area contributed by atoms with E-state index < -0.39 is 6.04 Å². The van der Waals surface area contributed by atoms with Gasteiger partial charge in [0.1, 0.15) is 11.8 Å². The number of carbonyl (C=O) groups is 2. The standard InChI is InChI=1S/C27H26BrCl3N2O3/c1-2-13-32-27(35)24(14-18-7-4-3-5-8-18)33(16-20-22(30)9-6-10-23(20)31)26(34)17-36-25-12-11-19(29)15-21(25)28/h3-12,15,24H,2,13-14,16-17H2,1H3,(H,32,35)/t24-/m1/s1. The molecule has 0 aliphatic rings. The predicted molar refractivity (Wildman–Crippen MR) is 149 cm³/mol. The number of ether oxygens (including phenoxy) is 1. The van der Waals surface area contributed by atoms with E-state index >= 15 is 0 Å². The predicted octanol–water partition coefficient (Wildman–Crippen LogP) is 6.95. The van der Waals surface area contributed by atoms with E-state index in [9.17, 15) is 9.59 Å². The lowest BCUT2D eigenvalue weighted by molar-refractivity contribution is -0.142. The van der Waals surface area contributed by atoms with E-state index in [1.54, 1.807) is 36.4 Å². The molecule has 0 aliphatic heterocycles. The topological polar surface area (TPSA) is 58.6 Å². The van der Waals surface area contributed by atoms with Crippen molar-refractivity contribution in [1.29, 1.82) is 0 Å². The van der Waals surface area contributed by atoms with Crippen LogP contribution in [0.2, 0.25) is 15.1 Å². The van der Waals surface area contributed by atoms with Gasteiger partial charge in [-0.2, -0.15) is 0 Å². The number of nitrogens with one attached hydrogen (secondary N) is 1. The van der Waals surface area contributed by atoms with Crippen LogP contribution in [0, 0.1) is 0 Å². The number of nitrogens with zero attached hydrogens (tertiary/aromatic N) is 1. The van der Waals surface area contributed by atoms with Crippen LogP contribution in [-0.4, -0.2) is 35.9 Å². The summed E-state index contributed by atoms with van der Waals surface area (Å²) in [5.41, 5.74) is 1.47. The zero-order chi connectivity index (χ0) is 26.1. The monoisotopic (exact) mass is 610 g/mol. The minimum Gasteiger partial charge on any atom is -0.483 e. The molecule has 3 aromatic rings. The molecule has 36 heavy (non-hydrogen) atoms. The van der Waals surface area contributed by atoms with Gasteiger partial charge in [-0.3, -0.25) is 9.59 Å². The highest BCUT2D eigenvalue weighted by molar-refractivity contribution is 9.10. The summed E-state index contributed by atoms with van der Waals surface area (Å²) in [6.45, 7) is 2.21.